The quantitative estimate of drug-likeness (QED) is 0.289. The van der Waals surface area contributed by atoms with Gasteiger partial charge in [0, 0.05) is 43.8 Å². The molecule has 0 aliphatic carbocycles. The predicted molar refractivity (Wildman–Crippen MR) is 167 cm³/mol. The van der Waals surface area contributed by atoms with Crippen LogP contribution in [0.5, 0.6) is 0 Å². The number of aromatic nitrogens is 6. The highest BCUT2D eigenvalue weighted by Crippen LogP contribution is 2.32. The van der Waals surface area contributed by atoms with Crippen LogP contribution in [0.1, 0.15) is 34.1 Å². The van der Waals surface area contributed by atoms with Crippen LogP contribution in [0, 0.1) is 13.8 Å². The standard InChI is InChI=1S/C32H32N8OS/c1-21-18-24-20-25(31(41)33-27(24)19-22(21)2)29(30-35-36-37-40(30)13-12-23-8-4-3-5-9-23)38-14-16-39(17-15-38)32-34-26-10-6-7-11-28(26)42-32/h3-11,18-20,29H,12-17H2,1-2H3,(H,33,41). The van der Waals surface area contributed by atoms with Gasteiger partial charge in [0.05, 0.1) is 10.2 Å². The van der Waals surface area contributed by atoms with E-state index in [1.54, 1.807) is 11.3 Å². The number of aromatic amines is 1. The molecule has 1 N–H and O–H groups in total. The van der Waals surface area contributed by atoms with E-state index in [9.17, 15) is 4.79 Å². The maximum atomic E-state index is 13.7. The average Bonchev–Trinajstić information content (AvgIpc) is 3.66. The Bertz CT molecular complexity index is 1890. The smallest absolute Gasteiger partial charge is 0.253 e. The number of fused-ring (bicyclic) bond motifs is 2. The van der Waals surface area contributed by atoms with Gasteiger partial charge in [-0.15, -0.1) is 5.10 Å². The predicted octanol–water partition coefficient (Wildman–Crippen LogP) is 4.90. The Morgan fingerprint density at radius 2 is 1.69 bits per heavy atom. The SMILES string of the molecule is Cc1cc2cc(C(c3nnnn3CCc3ccccc3)N3CCN(c4nc5ccccc5s4)CC3)c(=O)[nH]c2cc1C. The molecule has 3 aromatic carbocycles. The second kappa shape index (κ2) is 11.1. The first kappa shape index (κ1) is 26.5. The van der Waals surface area contributed by atoms with Gasteiger partial charge < -0.3 is 9.88 Å². The van der Waals surface area contributed by atoms with Crippen molar-refractivity contribution in [2.24, 2.45) is 0 Å². The monoisotopic (exact) mass is 576 g/mol. The highest BCUT2D eigenvalue weighted by Gasteiger charge is 2.33. The van der Waals surface area contributed by atoms with Crippen molar-refractivity contribution in [1.29, 1.82) is 0 Å². The molecule has 1 atom stereocenters. The van der Waals surface area contributed by atoms with Gasteiger partial charge in [0.15, 0.2) is 11.0 Å². The molecule has 1 fully saturated rings. The van der Waals surface area contributed by atoms with Gasteiger partial charge in [-0.1, -0.05) is 53.8 Å². The molecule has 1 aliphatic heterocycles. The van der Waals surface area contributed by atoms with E-state index in [1.165, 1.54) is 15.8 Å². The first-order valence-corrected chi connectivity index (χ1v) is 15.1. The van der Waals surface area contributed by atoms with Gasteiger partial charge in [-0.25, -0.2) is 9.67 Å². The Morgan fingerprint density at radius 3 is 2.50 bits per heavy atom. The minimum absolute atomic E-state index is 0.109. The van der Waals surface area contributed by atoms with Crippen LogP contribution in [-0.2, 0) is 13.0 Å². The van der Waals surface area contributed by atoms with Crippen molar-refractivity contribution in [1.82, 2.24) is 35.1 Å². The first-order valence-electron chi connectivity index (χ1n) is 14.3. The van der Waals surface area contributed by atoms with Gasteiger partial charge in [0.2, 0.25) is 0 Å². The molecule has 7 rings (SSSR count). The number of nitrogens with zero attached hydrogens (tertiary/aromatic N) is 7. The zero-order valence-electron chi connectivity index (χ0n) is 23.7. The van der Waals surface area contributed by atoms with Crippen LogP contribution in [-0.4, -0.2) is 61.3 Å². The molecule has 3 aromatic heterocycles. The molecule has 1 unspecified atom stereocenters. The average molecular weight is 577 g/mol. The van der Waals surface area contributed by atoms with E-state index in [0.717, 1.165) is 59.7 Å². The molecule has 1 aliphatic rings. The molecule has 9 nitrogen and oxygen atoms in total. The number of aryl methyl sites for hydroxylation is 4. The summed E-state index contributed by atoms with van der Waals surface area (Å²) >= 11 is 1.73. The second-order valence-electron chi connectivity index (χ2n) is 11.0. The van der Waals surface area contributed by atoms with Crippen LogP contribution < -0.4 is 10.5 Å². The number of nitrogens with one attached hydrogen (secondary N) is 1. The Hall–Kier alpha value is -4.41. The van der Waals surface area contributed by atoms with Gasteiger partial charge in [0.25, 0.3) is 5.56 Å². The van der Waals surface area contributed by atoms with E-state index in [2.05, 4.69) is 80.6 Å². The Morgan fingerprint density at radius 1 is 0.929 bits per heavy atom. The molecule has 6 aromatic rings. The lowest BCUT2D eigenvalue weighted by molar-refractivity contribution is 0.199. The van der Waals surface area contributed by atoms with Crippen LogP contribution in [0.15, 0.2) is 77.6 Å². The minimum atomic E-state index is -0.386. The maximum absolute atomic E-state index is 13.7. The largest absolute Gasteiger partial charge is 0.345 e. The molecule has 10 heteroatoms. The fourth-order valence-corrected chi connectivity index (χ4v) is 6.83. The summed E-state index contributed by atoms with van der Waals surface area (Å²) < 4.78 is 3.06. The van der Waals surface area contributed by atoms with Crippen molar-refractivity contribution in [2.45, 2.75) is 32.9 Å². The summed E-state index contributed by atoms with van der Waals surface area (Å²) in [5.41, 5.74) is 5.98. The van der Waals surface area contributed by atoms with Crippen LogP contribution in [0.25, 0.3) is 21.1 Å². The summed E-state index contributed by atoms with van der Waals surface area (Å²) in [6.45, 7) is 7.88. The third kappa shape index (κ3) is 5.08. The number of para-hydroxylation sites is 1. The van der Waals surface area contributed by atoms with Crippen molar-refractivity contribution >= 4 is 37.6 Å². The van der Waals surface area contributed by atoms with Crippen molar-refractivity contribution < 1.29 is 0 Å². The van der Waals surface area contributed by atoms with Crippen molar-refractivity contribution in [3.63, 3.8) is 0 Å². The minimum Gasteiger partial charge on any atom is -0.345 e. The number of thiazole rings is 1. The lowest BCUT2D eigenvalue weighted by Crippen LogP contribution is -2.49. The number of hydrogen-bond donors (Lipinski definition) is 1. The Kier molecular flexibility index (Phi) is 7.01. The van der Waals surface area contributed by atoms with E-state index in [4.69, 9.17) is 4.98 Å². The summed E-state index contributed by atoms with van der Waals surface area (Å²) in [7, 11) is 0. The molecule has 4 heterocycles. The molecular formula is C32H32N8OS. The van der Waals surface area contributed by atoms with Crippen molar-refractivity contribution in [3.8, 4) is 0 Å². The maximum Gasteiger partial charge on any atom is 0.253 e. The summed E-state index contributed by atoms with van der Waals surface area (Å²) in [6.07, 6.45) is 0.795. The highest BCUT2D eigenvalue weighted by molar-refractivity contribution is 7.22. The molecule has 0 bridgehead atoms. The second-order valence-corrected chi connectivity index (χ2v) is 12.0. The lowest BCUT2D eigenvalue weighted by Gasteiger charge is -2.38. The number of rotatable bonds is 7. The number of benzene rings is 3. The van der Waals surface area contributed by atoms with E-state index in [1.807, 2.05) is 41.1 Å². The van der Waals surface area contributed by atoms with Crippen LogP contribution in [0.2, 0.25) is 0 Å². The Labute approximate surface area is 247 Å². The molecule has 1 saturated heterocycles. The van der Waals surface area contributed by atoms with Crippen LogP contribution in [0.4, 0.5) is 5.13 Å². The Balaban J connectivity index is 1.23. The number of piperazine rings is 1. The fraction of sp³-hybridized carbons (Fsp3) is 0.281. The third-order valence-electron chi connectivity index (χ3n) is 8.27. The van der Waals surface area contributed by atoms with Gasteiger partial charge in [-0.05, 0) is 83.1 Å². The van der Waals surface area contributed by atoms with E-state index < -0.39 is 0 Å². The zero-order valence-corrected chi connectivity index (χ0v) is 24.5. The normalized spacial score (nSPS) is 15.0. The number of tetrazole rings is 1. The van der Waals surface area contributed by atoms with Crippen LogP contribution in [0.3, 0.4) is 0 Å². The molecule has 0 spiro atoms. The fourth-order valence-electron chi connectivity index (χ4n) is 5.81. The van der Waals surface area contributed by atoms with E-state index in [-0.39, 0.29) is 11.6 Å². The summed E-state index contributed by atoms with van der Waals surface area (Å²) in [5.74, 6) is 0.688. The number of pyridine rings is 1. The van der Waals surface area contributed by atoms with Gasteiger partial charge in [-0.2, -0.15) is 0 Å². The van der Waals surface area contributed by atoms with E-state index in [0.29, 0.717) is 17.9 Å². The molecule has 0 saturated carbocycles. The van der Waals surface area contributed by atoms with Gasteiger partial charge in [-0.3, -0.25) is 9.69 Å². The third-order valence-corrected chi connectivity index (χ3v) is 9.37. The molecule has 212 valence electrons. The molecule has 42 heavy (non-hydrogen) atoms. The van der Waals surface area contributed by atoms with Crippen molar-refractivity contribution in [2.75, 3.05) is 31.1 Å². The molecule has 0 radical (unpaired) electrons. The molecule has 0 amide bonds. The summed E-state index contributed by atoms with van der Waals surface area (Å²) in [5, 5.41) is 15.0. The summed E-state index contributed by atoms with van der Waals surface area (Å²) in [4.78, 5) is 26.4. The number of hydrogen-bond acceptors (Lipinski definition) is 8. The zero-order chi connectivity index (χ0) is 28.6. The van der Waals surface area contributed by atoms with Crippen LogP contribution >= 0.6 is 11.3 Å². The van der Waals surface area contributed by atoms with Crippen molar-refractivity contribution in [3.05, 3.63) is 111 Å². The van der Waals surface area contributed by atoms with E-state index >= 15 is 0 Å². The van der Waals surface area contributed by atoms with Gasteiger partial charge >= 0.3 is 0 Å². The lowest BCUT2D eigenvalue weighted by atomic mass is 10.00. The highest BCUT2D eigenvalue weighted by atomic mass is 32.1. The topological polar surface area (TPSA) is 95.8 Å². The number of anilines is 1. The molecular weight excluding hydrogens is 544 g/mol. The van der Waals surface area contributed by atoms with Gasteiger partial charge in [0.1, 0.15) is 6.04 Å². The first-order chi connectivity index (χ1) is 20.5. The summed E-state index contributed by atoms with van der Waals surface area (Å²) in [6, 6.07) is 24.4. The number of H-pyrrole nitrogens is 1.